The SMILES string of the molecule is NC1Cc2ccccc2N(Cc2ccc(F)cc2)C1. The van der Waals surface area contributed by atoms with Crippen molar-refractivity contribution in [2.24, 2.45) is 5.73 Å². The van der Waals surface area contributed by atoms with Gasteiger partial charge in [-0.05, 0) is 35.7 Å². The quantitative estimate of drug-likeness (QED) is 0.895. The van der Waals surface area contributed by atoms with E-state index in [9.17, 15) is 4.39 Å². The number of anilines is 1. The Morgan fingerprint density at radius 1 is 1.11 bits per heavy atom. The van der Waals surface area contributed by atoms with Crippen LogP contribution in [-0.4, -0.2) is 12.6 Å². The summed E-state index contributed by atoms with van der Waals surface area (Å²) < 4.78 is 12.9. The summed E-state index contributed by atoms with van der Waals surface area (Å²) >= 11 is 0. The predicted octanol–water partition coefficient (Wildman–Crippen LogP) is 2.72. The van der Waals surface area contributed by atoms with E-state index in [2.05, 4.69) is 17.0 Å². The molecule has 0 bridgehead atoms. The Morgan fingerprint density at radius 2 is 1.84 bits per heavy atom. The van der Waals surface area contributed by atoms with Crippen molar-refractivity contribution < 1.29 is 4.39 Å². The standard InChI is InChI=1S/C16H17FN2/c17-14-7-5-12(6-8-14)10-19-11-15(18)9-13-3-1-2-4-16(13)19/h1-8,15H,9-11,18H2. The number of nitrogens with zero attached hydrogens (tertiary/aromatic N) is 1. The first-order valence-corrected chi connectivity index (χ1v) is 6.55. The Labute approximate surface area is 112 Å². The highest BCUT2D eigenvalue weighted by molar-refractivity contribution is 5.56. The second-order valence-corrected chi connectivity index (χ2v) is 5.10. The Balaban J connectivity index is 1.86. The van der Waals surface area contributed by atoms with Crippen LogP contribution in [0.25, 0.3) is 0 Å². The molecule has 0 aliphatic carbocycles. The summed E-state index contributed by atoms with van der Waals surface area (Å²) in [5.74, 6) is -0.195. The molecular weight excluding hydrogens is 239 g/mol. The predicted molar refractivity (Wildman–Crippen MR) is 75.6 cm³/mol. The van der Waals surface area contributed by atoms with Crippen LogP contribution < -0.4 is 10.6 Å². The molecule has 98 valence electrons. The fraction of sp³-hybridized carbons (Fsp3) is 0.250. The van der Waals surface area contributed by atoms with E-state index in [1.165, 1.54) is 23.4 Å². The van der Waals surface area contributed by atoms with Crippen molar-refractivity contribution in [1.82, 2.24) is 0 Å². The van der Waals surface area contributed by atoms with Gasteiger partial charge in [-0.1, -0.05) is 30.3 Å². The van der Waals surface area contributed by atoms with Crippen LogP contribution in [0.4, 0.5) is 10.1 Å². The van der Waals surface area contributed by atoms with Gasteiger partial charge in [0.2, 0.25) is 0 Å². The molecular formula is C16H17FN2. The number of rotatable bonds is 2. The Hall–Kier alpha value is -1.87. The Bertz CT molecular complexity index is 565. The van der Waals surface area contributed by atoms with E-state index < -0.39 is 0 Å². The molecule has 2 nitrogen and oxygen atoms in total. The highest BCUT2D eigenvalue weighted by atomic mass is 19.1. The molecule has 1 unspecified atom stereocenters. The lowest BCUT2D eigenvalue weighted by atomic mass is 9.98. The van der Waals surface area contributed by atoms with E-state index in [0.717, 1.165) is 25.1 Å². The number of benzene rings is 2. The molecule has 0 saturated carbocycles. The fourth-order valence-corrected chi connectivity index (χ4v) is 2.68. The van der Waals surface area contributed by atoms with Crippen LogP contribution >= 0.6 is 0 Å². The Kier molecular flexibility index (Phi) is 3.22. The van der Waals surface area contributed by atoms with Gasteiger partial charge >= 0.3 is 0 Å². The molecule has 19 heavy (non-hydrogen) atoms. The maximum atomic E-state index is 12.9. The maximum absolute atomic E-state index is 12.9. The van der Waals surface area contributed by atoms with Crippen molar-refractivity contribution in [3.05, 3.63) is 65.5 Å². The van der Waals surface area contributed by atoms with Crippen molar-refractivity contribution in [3.63, 3.8) is 0 Å². The molecule has 0 amide bonds. The van der Waals surface area contributed by atoms with E-state index in [1.807, 2.05) is 24.3 Å². The van der Waals surface area contributed by atoms with Crippen molar-refractivity contribution in [3.8, 4) is 0 Å². The van der Waals surface area contributed by atoms with Crippen LogP contribution in [0.2, 0.25) is 0 Å². The first-order chi connectivity index (χ1) is 9.22. The minimum absolute atomic E-state index is 0.162. The average molecular weight is 256 g/mol. The molecule has 0 aromatic heterocycles. The molecule has 1 heterocycles. The normalized spacial score (nSPS) is 18.2. The third-order valence-corrected chi connectivity index (χ3v) is 3.56. The molecule has 0 radical (unpaired) electrons. The van der Waals surface area contributed by atoms with Gasteiger partial charge in [0.25, 0.3) is 0 Å². The minimum atomic E-state index is -0.195. The lowest BCUT2D eigenvalue weighted by molar-refractivity contribution is 0.597. The van der Waals surface area contributed by atoms with Gasteiger partial charge < -0.3 is 10.6 Å². The van der Waals surface area contributed by atoms with Gasteiger partial charge in [0.05, 0.1) is 0 Å². The lowest BCUT2D eigenvalue weighted by Crippen LogP contribution is -2.42. The van der Waals surface area contributed by atoms with Gasteiger partial charge in [0, 0.05) is 24.8 Å². The zero-order valence-corrected chi connectivity index (χ0v) is 10.7. The van der Waals surface area contributed by atoms with Crippen LogP contribution in [0.15, 0.2) is 48.5 Å². The molecule has 0 fully saturated rings. The third kappa shape index (κ3) is 2.61. The summed E-state index contributed by atoms with van der Waals surface area (Å²) in [5, 5.41) is 0. The molecule has 2 N–H and O–H groups in total. The second kappa shape index (κ2) is 5.02. The molecule has 0 spiro atoms. The van der Waals surface area contributed by atoms with Gasteiger partial charge in [-0.25, -0.2) is 4.39 Å². The molecule has 3 heteroatoms. The van der Waals surface area contributed by atoms with Gasteiger partial charge in [0.1, 0.15) is 5.82 Å². The zero-order chi connectivity index (χ0) is 13.2. The Morgan fingerprint density at radius 3 is 2.63 bits per heavy atom. The van der Waals surface area contributed by atoms with E-state index in [4.69, 9.17) is 5.73 Å². The van der Waals surface area contributed by atoms with Crippen molar-refractivity contribution in [2.75, 3.05) is 11.4 Å². The van der Waals surface area contributed by atoms with Gasteiger partial charge in [0.15, 0.2) is 0 Å². The van der Waals surface area contributed by atoms with Crippen molar-refractivity contribution in [1.29, 1.82) is 0 Å². The summed E-state index contributed by atoms with van der Waals surface area (Å²) in [7, 11) is 0. The number of para-hydroxylation sites is 1. The summed E-state index contributed by atoms with van der Waals surface area (Å²) in [5.41, 5.74) is 9.76. The monoisotopic (exact) mass is 256 g/mol. The van der Waals surface area contributed by atoms with Gasteiger partial charge in [-0.2, -0.15) is 0 Å². The summed E-state index contributed by atoms with van der Waals surface area (Å²) in [6.45, 7) is 1.61. The minimum Gasteiger partial charge on any atom is -0.365 e. The number of hydrogen-bond acceptors (Lipinski definition) is 2. The number of fused-ring (bicyclic) bond motifs is 1. The second-order valence-electron chi connectivity index (χ2n) is 5.10. The van der Waals surface area contributed by atoms with Crippen molar-refractivity contribution in [2.45, 2.75) is 19.0 Å². The average Bonchev–Trinajstić information content (AvgIpc) is 2.41. The zero-order valence-electron chi connectivity index (χ0n) is 10.7. The fourth-order valence-electron chi connectivity index (χ4n) is 2.68. The van der Waals surface area contributed by atoms with E-state index >= 15 is 0 Å². The lowest BCUT2D eigenvalue weighted by Gasteiger charge is -2.34. The highest BCUT2D eigenvalue weighted by Crippen LogP contribution is 2.27. The largest absolute Gasteiger partial charge is 0.365 e. The van der Waals surface area contributed by atoms with E-state index in [-0.39, 0.29) is 11.9 Å². The van der Waals surface area contributed by atoms with Crippen LogP contribution in [0.1, 0.15) is 11.1 Å². The summed E-state index contributed by atoms with van der Waals surface area (Å²) in [6, 6.07) is 15.2. The van der Waals surface area contributed by atoms with Crippen LogP contribution in [0.3, 0.4) is 0 Å². The van der Waals surface area contributed by atoms with E-state index in [0.29, 0.717) is 0 Å². The highest BCUT2D eigenvalue weighted by Gasteiger charge is 2.21. The van der Waals surface area contributed by atoms with Gasteiger partial charge in [-0.3, -0.25) is 0 Å². The van der Waals surface area contributed by atoms with Crippen molar-refractivity contribution >= 4 is 5.69 Å². The van der Waals surface area contributed by atoms with Crippen LogP contribution in [0.5, 0.6) is 0 Å². The molecule has 3 rings (SSSR count). The molecule has 0 saturated heterocycles. The number of nitrogens with two attached hydrogens (primary N) is 1. The van der Waals surface area contributed by atoms with Crippen LogP contribution in [0, 0.1) is 5.82 Å². The molecule has 1 aliphatic rings. The first-order valence-electron chi connectivity index (χ1n) is 6.55. The molecule has 1 atom stereocenters. The number of halogens is 1. The summed E-state index contributed by atoms with van der Waals surface area (Å²) in [4.78, 5) is 2.27. The molecule has 2 aromatic carbocycles. The first kappa shape index (κ1) is 12.2. The topological polar surface area (TPSA) is 29.3 Å². The smallest absolute Gasteiger partial charge is 0.123 e. The maximum Gasteiger partial charge on any atom is 0.123 e. The van der Waals surface area contributed by atoms with Gasteiger partial charge in [-0.15, -0.1) is 0 Å². The molecule has 2 aromatic rings. The molecule has 1 aliphatic heterocycles. The van der Waals surface area contributed by atoms with E-state index in [1.54, 1.807) is 0 Å². The number of hydrogen-bond donors (Lipinski definition) is 1. The third-order valence-electron chi connectivity index (χ3n) is 3.56. The summed E-state index contributed by atoms with van der Waals surface area (Å²) in [6.07, 6.45) is 0.927. The van der Waals surface area contributed by atoms with Crippen LogP contribution in [-0.2, 0) is 13.0 Å².